The van der Waals surface area contributed by atoms with Gasteiger partial charge in [-0.3, -0.25) is 14.4 Å². The van der Waals surface area contributed by atoms with Gasteiger partial charge in [0.05, 0.1) is 18.7 Å². The molecule has 0 aliphatic carbocycles. The zero-order valence-electron chi connectivity index (χ0n) is 20.9. The van der Waals surface area contributed by atoms with Crippen molar-refractivity contribution in [1.29, 1.82) is 0 Å². The van der Waals surface area contributed by atoms with Crippen molar-refractivity contribution in [2.24, 2.45) is 0 Å². The van der Waals surface area contributed by atoms with Crippen molar-refractivity contribution in [2.45, 2.75) is 52.6 Å². The van der Waals surface area contributed by atoms with Crippen LogP contribution < -0.4 is 10.9 Å². The number of aryl methyl sites for hydroxylation is 2. The van der Waals surface area contributed by atoms with E-state index in [0.29, 0.717) is 5.56 Å². The molecule has 2 aromatic rings. The zero-order valence-corrected chi connectivity index (χ0v) is 25.0. The molecule has 1 aromatic carbocycles. The van der Waals surface area contributed by atoms with Crippen LogP contribution in [0.25, 0.3) is 5.32 Å². The number of halogens is 3. The number of hydrogen-bond acceptors (Lipinski definition) is 4. The average Bonchev–Trinajstić information content (AvgIpc) is 2.79. The van der Waals surface area contributed by atoms with Crippen molar-refractivity contribution < 1.29 is 59.0 Å². The van der Waals surface area contributed by atoms with E-state index in [1.54, 1.807) is 6.92 Å². The summed E-state index contributed by atoms with van der Waals surface area (Å²) in [6.45, 7) is 5.26. The minimum Gasteiger partial charge on any atom is -0.469 e. The summed E-state index contributed by atoms with van der Waals surface area (Å²) in [6.07, 6.45) is -4.86. The number of β-amino-alcohol motifs (C(OH)–C–C–N with tert-alkyl or cyclic N) is 1. The Morgan fingerprint density at radius 1 is 1.14 bits per heavy atom. The number of nitrogens with zero attached hydrogens (tertiary/aromatic N) is 3. The molecule has 1 fully saturated rings. The summed E-state index contributed by atoms with van der Waals surface area (Å²) in [4.78, 5) is 39.0. The summed E-state index contributed by atoms with van der Waals surface area (Å²) < 4.78 is 39.5. The number of pyridine rings is 1. The van der Waals surface area contributed by atoms with Crippen LogP contribution in [0, 0.1) is 45.0 Å². The van der Waals surface area contributed by atoms with Gasteiger partial charge in [0.25, 0.3) is 5.91 Å². The summed E-state index contributed by atoms with van der Waals surface area (Å²) in [7, 11) is 1.39. The second-order valence-electron chi connectivity index (χ2n) is 8.13. The van der Waals surface area contributed by atoms with E-state index in [9.17, 15) is 32.7 Å². The van der Waals surface area contributed by atoms with Gasteiger partial charge in [-0.05, 0) is 25.5 Å². The van der Waals surface area contributed by atoms with Gasteiger partial charge in [-0.2, -0.15) is 13.2 Å². The van der Waals surface area contributed by atoms with Crippen LogP contribution in [0.1, 0.15) is 40.9 Å². The van der Waals surface area contributed by atoms with E-state index in [-0.39, 0.29) is 49.0 Å². The fraction of sp³-hybridized carbons (Fsp3) is 0.458. The van der Waals surface area contributed by atoms with Crippen LogP contribution >= 0.6 is 0 Å². The SMILES string of the molecule is CC.C[N-]c1c(C)cc(C(=O)NCc2ccc(C)cc2)c(=O)n1CC(=O)N1CC(O)(C(F)(F)F)C1.[U]. The molecule has 3 rings (SSSR count). The molecule has 1 aliphatic rings. The van der Waals surface area contributed by atoms with Crippen molar-refractivity contribution in [3.05, 3.63) is 68.3 Å². The van der Waals surface area contributed by atoms with Gasteiger partial charge < -0.3 is 25.2 Å². The van der Waals surface area contributed by atoms with Gasteiger partial charge in [0.1, 0.15) is 0 Å². The molecule has 0 radical (unpaired) electrons. The number of alkyl halides is 3. The second kappa shape index (κ2) is 12.8. The first-order chi connectivity index (χ1) is 16.4. The summed E-state index contributed by atoms with van der Waals surface area (Å²) in [5, 5.41) is 16.2. The van der Waals surface area contributed by atoms with Crippen LogP contribution in [0.2, 0.25) is 0 Å². The van der Waals surface area contributed by atoms with E-state index in [4.69, 9.17) is 0 Å². The molecule has 1 aromatic heterocycles. The van der Waals surface area contributed by atoms with Crippen molar-refractivity contribution in [1.82, 2.24) is 14.8 Å². The number of nitrogens with one attached hydrogen (secondary N) is 1. The second-order valence-corrected chi connectivity index (χ2v) is 8.13. The first-order valence-corrected chi connectivity index (χ1v) is 11.1. The van der Waals surface area contributed by atoms with E-state index >= 15 is 0 Å². The molecule has 36 heavy (non-hydrogen) atoms. The Hall–Kier alpha value is -2.29. The van der Waals surface area contributed by atoms with Crippen LogP contribution in [0.5, 0.6) is 0 Å². The topological polar surface area (TPSA) is 106 Å². The maximum atomic E-state index is 13.0. The van der Waals surface area contributed by atoms with Crippen LogP contribution in [0.3, 0.4) is 0 Å². The predicted octanol–water partition coefficient (Wildman–Crippen LogP) is 3.19. The smallest absolute Gasteiger partial charge is 0.420 e. The largest absolute Gasteiger partial charge is 0.469 e. The van der Waals surface area contributed by atoms with Gasteiger partial charge in [0.15, 0.2) is 11.2 Å². The van der Waals surface area contributed by atoms with Gasteiger partial charge in [-0.25, -0.2) is 0 Å². The molecule has 0 bridgehead atoms. The van der Waals surface area contributed by atoms with E-state index in [2.05, 4.69) is 10.6 Å². The van der Waals surface area contributed by atoms with Crippen LogP contribution in [0.4, 0.5) is 19.0 Å². The number of carbonyl (C=O) groups is 2. The molecule has 196 valence electrons. The number of rotatable bonds is 6. The molecule has 8 nitrogen and oxygen atoms in total. The third-order valence-corrected chi connectivity index (χ3v) is 5.55. The first-order valence-electron chi connectivity index (χ1n) is 11.1. The molecule has 2 amide bonds. The molecule has 0 unspecified atom stereocenters. The number of hydrogen-bond donors (Lipinski definition) is 2. The Morgan fingerprint density at radius 2 is 1.69 bits per heavy atom. The zero-order chi connectivity index (χ0) is 26.6. The van der Waals surface area contributed by atoms with Gasteiger partial charge in [0.2, 0.25) is 5.91 Å². The Kier molecular flexibility index (Phi) is 11.3. The Balaban J connectivity index is 0.00000211. The number of amides is 2. The minimum atomic E-state index is -4.86. The summed E-state index contributed by atoms with van der Waals surface area (Å²) >= 11 is 0. The number of likely N-dealkylation sites (tertiary alicyclic amines) is 1. The van der Waals surface area contributed by atoms with Gasteiger partial charge in [0, 0.05) is 44.2 Å². The number of aliphatic hydroxyl groups is 1. The van der Waals surface area contributed by atoms with Gasteiger partial charge in [-0.15, -0.1) is 0 Å². The molecular formula is C24H30F3N4O4U-. The van der Waals surface area contributed by atoms with Crippen LogP contribution in [-0.2, 0) is 17.9 Å². The Morgan fingerprint density at radius 3 is 2.19 bits per heavy atom. The predicted molar refractivity (Wildman–Crippen MR) is 126 cm³/mol. The fourth-order valence-corrected chi connectivity index (χ4v) is 3.56. The summed E-state index contributed by atoms with van der Waals surface area (Å²) in [5.74, 6) is -1.31. The molecule has 1 saturated heterocycles. The molecule has 0 atom stereocenters. The third kappa shape index (κ3) is 6.93. The molecular weight excluding hydrogens is 703 g/mol. The van der Waals surface area contributed by atoms with E-state index in [1.807, 2.05) is 45.0 Å². The van der Waals surface area contributed by atoms with E-state index in [1.165, 1.54) is 13.1 Å². The number of carbonyl (C=O) groups excluding carboxylic acids is 2. The molecule has 12 heteroatoms. The van der Waals surface area contributed by atoms with Crippen molar-refractivity contribution in [3.8, 4) is 0 Å². The number of benzene rings is 1. The third-order valence-electron chi connectivity index (χ3n) is 5.55. The Labute approximate surface area is 231 Å². The average molecular weight is 734 g/mol. The van der Waals surface area contributed by atoms with E-state index in [0.717, 1.165) is 20.6 Å². The molecule has 0 saturated carbocycles. The van der Waals surface area contributed by atoms with Gasteiger partial charge in [-0.1, -0.05) is 62.1 Å². The van der Waals surface area contributed by atoms with Crippen molar-refractivity contribution in [3.63, 3.8) is 0 Å². The Bertz CT molecular complexity index is 1130. The van der Waals surface area contributed by atoms with E-state index < -0.39 is 48.8 Å². The standard InChI is InChI=1S/C22H25F3N4O4.C2H6.U/c1-13-4-6-15(7-5-13)9-27-19(31)16-8-14(2)18(26-3)29(20(16)32)10-17(30)28-11-21(33,12-28)22(23,24)25;1-2;/h4-8,33H,9-12H2,1-3H3,(H2,26,27,31,32);1-2H3;/p-1. The maximum absolute atomic E-state index is 13.0. The summed E-state index contributed by atoms with van der Waals surface area (Å²) in [5.41, 5.74) is -1.63. The van der Waals surface area contributed by atoms with Crippen molar-refractivity contribution in [2.75, 3.05) is 20.1 Å². The molecule has 0 spiro atoms. The molecule has 2 N–H and O–H groups in total. The molecule has 2 heterocycles. The van der Waals surface area contributed by atoms with Crippen LogP contribution in [0.15, 0.2) is 35.1 Å². The minimum absolute atomic E-state index is 0. The first kappa shape index (κ1) is 31.7. The normalized spacial score (nSPS) is 14.0. The van der Waals surface area contributed by atoms with Crippen molar-refractivity contribution >= 4 is 17.6 Å². The monoisotopic (exact) mass is 733 g/mol. The quantitative estimate of drug-likeness (QED) is 0.476. The molecule has 1 aliphatic heterocycles. The summed E-state index contributed by atoms with van der Waals surface area (Å²) in [6, 6.07) is 8.81. The number of aromatic nitrogens is 1. The van der Waals surface area contributed by atoms with Crippen LogP contribution in [-0.4, -0.2) is 58.3 Å². The van der Waals surface area contributed by atoms with Gasteiger partial charge >= 0.3 is 6.18 Å². The fourth-order valence-electron chi connectivity index (χ4n) is 3.56. The maximum Gasteiger partial charge on any atom is 0.420 e.